The molecule has 8 nitrogen and oxygen atoms in total. The van der Waals surface area contributed by atoms with Crippen LogP contribution in [0.2, 0.25) is 0 Å². The minimum Gasteiger partial charge on any atom is -0.211 e. The fourth-order valence-corrected chi connectivity index (χ4v) is 3.31. The summed E-state index contributed by atoms with van der Waals surface area (Å²) in [5.74, 6) is 0. The highest BCUT2D eigenvalue weighted by atomic mass is 16.1. The van der Waals surface area contributed by atoms with Crippen LogP contribution < -0.4 is 0 Å². The molecule has 4 rings (SSSR count). The number of hydrogen-bond donors (Lipinski definition) is 0. The number of para-hydroxylation sites is 2. The van der Waals surface area contributed by atoms with Crippen molar-refractivity contribution in [2.24, 2.45) is 20.0 Å². The predicted molar refractivity (Wildman–Crippen MR) is 135 cm³/mol. The summed E-state index contributed by atoms with van der Waals surface area (Å²) in [6.45, 7) is 0. The SMILES string of the molecule is O=C=Nc1cccc(-c2cccc(N=C=O)c2)c1.O=C=Nc1ccccc1-c1ccccc1N=C=O. The molecule has 4 aromatic carbocycles. The van der Waals surface area contributed by atoms with Gasteiger partial charge in [-0.05, 0) is 47.5 Å². The Kier molecular flexibility index (Phi) is 9.17. The highest BCUT2D eigenvalue weighted by Crippen LogP contribution is 2.35. The fourth-order valence-electron chi connectivity index (χ4n) is 3.31. The largest absolute Gasteiger partial charge is 0.240 e. The molecule has 172 valence electrons. The highest BCUT2D eigenvalue weighted by molar-refractivity contribution is 5.85. The number of rotatable bonds is 6. The predicted octanol–water partition coefficient (Wildman–Crippen LogP) is 6.58. The molecule has 0 aromatic heterocycles. The molecule has 4 aromatic rings. The van der Waals surface area contributed by atoms with Crippen LogP contribution in [0.1, 0.15) is 0 Å². The van der Waals surface area contributed by atoms with Crippen molar-refractivity contribution in [3.8, 4) is 22.3 Å². The summed E-state index contributed by atoms with van der Waals surface area (Å²) in [5, 5.41) is 0. The van der Waals surface area contributed by atoms with Crippen LogP contribution in [-0.2, 0) is 19.2 Å². The molecule has 0 fully saturated rings. The van der Waals surface area contributed by atoms with Crippen LogP contribution in [0.4, 0.5) is 22.7 Å². The summed E-state index contributed by atoms with van der Waals surface area (Å²) >= 11 is 0. The van der Waals surface area contributed by atoms with Gasteiger partial charge in [0.1, 0.15) is 0 Å². The maximum Gasteiger partial charge on any atom is 0.240 e. The van der Waals surface area contributed by atoms with E-state index in [4.69, 9.17) is 0 Å². The first-order chi connectivity index (χ1) is 17.7. The van der Waals surface area contributed by atoms with Gasteiger partial charge in [0, 0.05) is 11.1 Å². The second-order valence-corrected chi connectivity index (χ2v) is 6.95. The Labute approximate surface area is 205 Å². The minimum atomic E-state index is 0.487. The van der Waals surface area contributed by atoms with Crippen LogP contribution >= 0.6 is 0 Å². The van der Waals surface area contributed by atoms with Gasteiger partial charge in [-0.25, -0.2) is 19.2 Å². The van der Waals surface area contributed by atoms with Crippen molar-refractivity contribution in [2.45, 2.75) is 0 Å². The van der Waals surface area contributed by atoms with Gasteiger partial charge < -0.3 is 0 Å². The van der Waals surface area contributed by atoms with Crippen molar-refractivity contribution in [1.29, 1.82) is 0 Å². The number of carbonyl (C=O) groups excluding carboxylic acids is 4. The zero-order chi connectivity index (χ0) is 25.6. The molecule has 0 aliphatic carbocycles. The van der Waals surface area contributed by atoms with Gasteiger partial charge in [0.25, 0.3) is 0 Å². The van der Waals surface area contributed by atoms with E-state index in [-0.39, 0.29) is 0 Å². The maximum absolute atomic E-state index is 10.4. The second-order valence-electron chi connectivity index (χ2n) is 6.95. The first kappa shape index (κ1) is 25.0. The summed E-state index contributed by atoms with van der Waals surface area (Å²) in [7, 11) is 0. The molecule has 0 N–H and O–H groups in total. The van der Waals surface area contributed by atoms with Crippen LogP contribution in [0.25, 0.3) is 22.3 Å². The lowest BCUT2D eigenvalue weighted by molar-refractivity contribution is 0.564. The second kappa shape index (κ2) is 13.2. The zero-order valence-corrected chi connectivity index (χ0v) is 18.7. The quantitative estimate of drug-likeness (QED) is 0.233. The van der Waals surface area contributed by atoms with Crippen LogP contribution in [0.5, 0.6) is 0 Å². The Morgan fingerprint density at radius 2 is 0.806 bits per heavy atom. The summed E-state index contributed by atoms with van der Waals surface area (Å²) in [6.07, 6.45) is 6.02. The lowest BCUT2D eigenvalue weighted by atomic mass is 10.0. The molecule has 0 amide bonds. The molecule has 0 saturated heterocycles. The van der Waals surface area contributed by atoms with E-state index in [1.54, 1.807) is 72.8 Å². The van der Waals surface area contributed by atoms with E-state index in [0.717, 1.165) is 22.3 Å². The summed E-state index contributed by atoms with van der Waals surface area (Å²) in [6, 6.07) is 28.5. The first-order valence-corrected chi connectivity index (χ1v) is 10.4. The summed E-state index contributed by atoms with van der Waals surface area (Å²) in [4.78, 5) is 55.6. The van der Waals surface area contributed by atoms with Gasteiger partial charge in [-0.15, -0.1) is 0 Å². The third kappa shape index (κ3) is 6.70. The molecule has 0 unspecified atom stereocenters. The first-order valence-electron chi connectivity index (χ1n) is 10.4. The Bertz CT molecular complexity index is 1450. The van der Waals surface area contributed by atoms with Crippen molar-refractivity contribution in [3.05, 3.63) is 97.1 Å². The molecule has 0 atom stereocenters. The van der Waals surface area contributed by atoms with E-state index >= 15 is 0 Å². The van der Waals surface area contributed by atoms with Gasteiger partial charge in [0.05, 0.1) is 22.7 Å². The molecule has 8 heteroatoms. The van der Waals surface area contributed by atoms with E-state index in [1.807, 2.05) is 24.3 Å². The lowest BCUT2D eigenvalue weighted by Gasteiger charge is -2.06. The van der Waals surface area contributed by atoms with Crippen molar-refractivity contribution >= 4 is 47.1 Å². The van der Waals surface area contributed by atoms with E-state index in [1.165, 1.54) is 24.3 Å². The summed E-state index contributed by atoms with van der Waals surface area (Å²) < 4.78 is 0. The Morgan fingerprint density at radius 1 is 0.417 bits per heavy atom. The standard InChI is InChI=1S/2C14H8N2O2/c17-9-15-13-5-1-3-11(7-13)12-4-2-6-14(8-12)16-10-18;17-9-15-13-7-3-1-5-11(13)12-6-2-4-8-14(12)16-10-18/h2*1-8H. The monoisotopic (exact) mass is 472 g/mol. The highest BCUT2D eigenvalue weighted by Gasteiger charge is 2.08. The van der Waals surface area contributed by atoms with E-state index in [9.17, 15) is 19.2 Å². The van der Waals surface area contributed by atoms with Crippen molar-refractivity contribution in [1.82, 2.24) is 0 Å². The molecule has 36 heavy (non-hydrogen) atoms. The van der Waals surface area contributed by atoms with Gasteiger partial charge in [-0.1, -0.05) is 60.7 Å². The van der Waals surface area contributed by atoms with Crippen LogP contribution in [0.15, 0.2) is 117 Å². The molecule has 0 aliphatic rings. The molecular formula is C28H16N4O4. The zero-order valence-electron chi connectivity index (χ0n) is 18.7. The maximum atomic E-state index is 10.4. The normalized spacial score (nSPS) is 9.11. The van der Waals surface area contributed by atoms with Gasteiger partial charge in [-0.3, -0.25) is 0 Å². The van der Waals surface area contributed by atoms with Gasteiger partial charge in [-0.2, -0.15) is 20.0 Å². The molecule has 0 aliphatic heterocycles. The average Bonchev–Trinajstić information content (AvgIpc) is 2.91. The van der Waals surface area contributed by atoms with Crippen molar-refractivity contribution < 1.29 is 19.2 Å². The Hall–Kier alpha value is -5.60. The minimum absolute atomic E-state index is 0.487. The van der Waals surface area contributed by atoms with E-state index < -0.39 is 0 Å². The number of benzene rings is 4. The molecule has 0 heterocycles. The van der Waals surface area contributed by atoms with Gasteiger partial charge in [0.15, 0.2) is 0 Å². The van der Waals surface area contributed by atoms with Crippen LogP contribution in [0.3, 0.4) is 0 Å². The van der Waals surface area contributed by atoms with Crippen LogP contribution in [0, 0.1) is 0 Å². The molecule has 0 saturated carbocycles. The summed E-state index contributed by atoms with van der Waals surface area (Å²) in [5.41, 5.74) is 5.25. The number of nitrogens with zero attached hydrogens (tertiary/aromatic N) is 4. The van der Waals surface area contributed by atoms with Crippen molar-refractivity contribution in [3.63, 3.8) is 0 Å². The number of hydrogen-bond acceptors (Lipinski definition) is 8. The molecule has 0 spiro atoms. The topological polar surface area (TPSA) is 118 Å². The van der Waals surface area contributed by atoms with E-state index in [0.29, 0.717) is 22.7 Å². The van der Waals surface area contributed by atoms with Gasteiger partial charge >= 0.3 is 0 Å². The molecule has 0 bridgehead atoms. The number of aliphatic imine (C=N–C) groups is 4. The third-order valence-corrected chi connectivity index (χ3v) is 4.81. The smallest absolute Gasteiger partial charge is 0.211 e. The Morgan fingerprint density at radius 3 is 1.19 bits per heavy atom. The third-order valence-electron chi connectivity index (χ3n) is 4.81. The fraction of sp³-hybridized carbons (Fsp3) is 0. The van der Waals surface area contributed by atoms with Gasteiger partial charge in [0.2, 0.25) is 24.3 Å². The lowest BCUT2D eigenvalue weighted by Crippen LogP contribution is -1.80. The number of isocyanates is 4. The van der Waals surface area contributed by atoms with E-state index in [2.05, 4.69) is 20.0 Å². The molecular weight excluding hydrogens is 456 g/mol. The average molecular weight is 472 g/mol. The Balaban J connectivity index is 0.000000201. The van der Waals surface area contributed by atoms with Crippen molar-refractivity contribution in [2.75, 3.05) is 0 Å². The molecule has 0 radical (unpaired) electrons. The van der Waals surface area contributed by atoms with Crippen LogP contribution in [-0.4, -0.2) is 24.3 Å².